The zero-order valence-electron chi connectivity index (χ0n) is 12.2. The van der Waals surface area contributed by atoms with Crippen molar-refractivity contribution in [2.45, 2.75) is 19.9 Å². The fraction of sp³-hybridized carbons (Fsp3) is 0.286. The first-order valence-corrected chi connectivity index (χ1v) is 7.32. The van der Waals surface area contributed by atoms with E-state index in [1.165, 1.54) is 19.3 Å². The Kier molecular flexibility index (Phi) is 6.30. The van der Waals surface area contributed by atoms with Gasteiger partial charge in [-0.15, -0.1) is 0 Å². The number of benzene rings is 1. The molecule has 0 heterocycles. The molecule has 0 aliphatic heterocycles. The summed E-state index contributed by atoms with van der Waals surface area (Å²) < 4.78 is 5.53. The number of amides is 1. The van der Waals surface area contributed by atoms with Gasteiger partial charge >= 0.3 is 5.69 Å². The second-order valence-corrected chi connectivity index (χ2v) is 5.77. The molecule has 0 atom stereocenters. The summed E-state index contributed by atoms with van der Waals surface area (Å²) in [5.41, 5.74) is 0.0403. The third-order valence-corrected chi connectivity index (χ3v) is 3.34. The highest BCUT2D eigenvalue weighted by Gasteiger charge is 2.19. The number of carbonyl (C=O) groups is 1. The molecule has 0 aliphatic carbocycles. The van der Waals surface area contributed by atoms with Crippen molar-refractivity contribution in [3.05, 3.63) is 37.0 Å². The fourth-order valence-electron chi connectivity index (χ4n) is 1.68. The molecule has 116 valence electrons. The molecule has 0 unspecified atom stereocenters. The average Bonchev–Trinajstić information content (AvgIpc) is 2.43. The van der Waals surface area contributed by atoms with E-state index in [1.807, 2.05) is 22.6 Å². The average molecular weight is 415 g/mol. The first-order valence-electron chi connectivity index (χ1n) is 6.24. The van der Waals surface area contributed by atoms with E-state index in [2.05, 4.69) is 5.32 Å². The molecule has 0 fully saturated rings. The standard InChI is InChI=1S/C14H14IN3O4/c1-8(2)17-14(19)10(7-16)4-9-5-11(15)13(22-3)12(6-9)18(20)21/h4-6,8H,1-3H3,(H,17,19)/b10-4-. The Labute approximate surface area is 141 Å². The van der Waals surface area contributed by atoms with Crippen LogP contribution in [0.3, 0.4) is 0 Å². The molecule has 0 radical (unpaired) electrons. The van der Waals surface area contributed by atoms with E-state index in [4.69, 9.17) is 10.00 Å². The molecule has 8 heteroatoms. The lowest BCUT2D eigenvalue weighted by Gasteiger charge is -2.08. The summed E-state index contributed by atoms with van der Waals surface area (Å²) >= 11 is 1.90. The van der Waals surface area contributed by atoms with Crippen LogP contribution in [0.1, 0.15) is 19.4 Å². The highest BCUT2D eigenvalue weighted by atomic mass is 127. The van der Waals surface area contributed by atoms with Crippen molar-refractivity contribution in [3.8, 4) is 11.8 Å². The smallest absolute Gasteiger partial charge is 0.312 e. The van der Waals surface area contributed by atoms with Gasteiger partial charge in [0.1, 0.15) is 11.6 Å². The number of carbonyl (C=O) groups excluding carboxylic acids is 1. The van der Waals surface area contributed by atoms with Gasteiger partial charge in [-0.3, -0.25) is 14.9 Å². The molecule has 1 rings (SSSR count). The largest absolute Gasteiger partial charge is 0.489 e. The molecule has 1 N–H and O–H groups in total. The van der Waals surface area contributed by atoms with E-state index in [-0.39, 0.29) is 23.1 Å². The Morgan fingerprint density at radius 2 is 2.18 bits per heavy atom. The number of nitro groups is 1. The lowest BCUT2D eigenvalue weighted by Crippen LogP contribution is -2.30. The first-order chi connectivity index (χ1) is 10.3. The van der Waals surface area contributed by atoms with Crippen molar-refractivity contribution in [2.75, 3.05) is 7.11 Å². The van der Waals surface area contributed by atoms with Crippen LogP contribution < -0.4 is 10.1 Å². The molecule has 0 saturated heterocycles. The maximum atomic E-state index is 11.9. The van der Waals surface area contributed by atoms with Gasteiger partial charge in [-0.1, -0.05) is 0 Å². The van der Waals surface area contributed by atoms with Crippen molar-refractivity contribution >= 4 is 40.3 Å². The minimum Gasteiger partial charge on any atom is -0.489 e. The summed E-state index contributed by atoms with van der Waals surface area (Å²) in [5, 5.41) is 22.8. The number of nitro benzene ring substituents is 1. The van der Waals surface area contributed by atoms with Gasteiger partial charge in [-0.25, -0.2) is 0 Å². The first kappa shape index (κ1) is 17.9. The van der Waals surface area contributed by atoms with Crippen LogP contribution in [0.5, 0.6) is 5.75 Å². The molecule has 1 aromatic rings. The second-order valence-electron chi connectivity index (χ2n) is 4.61. The number of rotatable bonds is 5. The molecular formula is C14H14IN3O4. The van der Waals surface area contributed by atoms with E-state index >= 15 is 0 Å². The van der Waals surface area contributed by atoms with Crippen LogP contribution in [0.15, 0.2) is 17.7 Å². The number of halogens is 1. The van der Waals surface area contributed by atoms with E-state index in [9.17, 15) is 14.9 Å². The van der Waals surface area contributed by atoms with E-state index in [0.29, 0.717) is 9.13 Å². The molecule has 0 saturated carbocycles. The van der Waals surface area contributed by atoms with E-state index in [1.54, 1.807) is 26.0 Å². The van der Waals surface area contributed by atoms with Crippen molar-refractivity contribution in [1.29, 1.82) is 5.26 Å². The van der Waals surface area contributed by atoms with Crippen LogP contribution in [0.4, 0.5) is 5.69 Å². The highest BCUT2D eigenvalue weighted by Crippen LogP contribution is 2.33. The second kappa shape index (κ2) is 7.74. The number of hydrogen-bond donors (Lipinski definition) is 1. The number of ether oxygens (including phenoxy) is 1. The third-order valence-electron chi connectivity index (χ3n) is 2.54. The van der Waals surface area contributed by atoms with Crippen molar-refractivity contribution < 1.29 is 14.5 Å². The molecule has 1 aromatic carbocycles. The Morgan fingerprint density at radius 1 is 1.55 bits per heavy atom. The Morgan fingerprint density at radius 3 is 2.64 bits per heavy atom. The molecule has 0 aromatic heterocycles. The number of methoxy groups -OCH3 is 1. The van der Waals surface area contributed by atoms with Gasteiger partial charge in [0, 0.05) is 12.1 Å². The normalized spacial score (nSPS) is 11.0. The van der Waals surface area contributed by atoms with Crippen molar-refractivity contribution in [1.82, 2.24) is 5.32 Å². The predicted octanol–water partition coefficient (Wildman–Crippen LogP) is 2.64. The number of nitrogens with zero attached hydrogens (tertiary/aromatic N) is 2. The van der Waals surface area contributed by atoms with Gasteiger partial charge in [0.15, 0.2) is 0 Å². The zero-order chi connectivity index (χ0) is 16.9. The molecule has 0 spiro atoms. The van der Waals surface area contributed by atoms with Crippen LogP contribution in [0.2, 0.25) is 0 Å². The summed E-state index contributed by atoms with van der Waals surface area (Å²) in [4.78, 5) is 22.4. The van der Waals surface area contributed by atoms with Gasteiger partial charge in [0.2, 0.25) is 5.75 Å². The Balaban J connectivity index is 3.32. The molecule has 0 aliphatic rings. The molecule has 1 amide bonds. The quantitative estimate of drug-likeness (QED) is 0.262. The Hall–Kier alpha value is -2.15. The minimum atomic E-state index is -0.571. The summed E-state index contributed by atoms with van der Waals surface area (Å²) in [6, 6.07) is 4.55. The fourth-order valence-corrected chi connectivity index (χ4v) is 2.53. The van der Waals surface area contributed by atoms with Gasteiger partial charge in [-0.2, -0.15) is 5.26 Å². The molecule has 7 nitrogen and oxygen atoms in total. The highest BCUT2D eigenvalue weighted by molar-refractivity contribution is 14.1. The summed E-state index contributed by atoms with van der Waals surface area (Å²) in [7, 11) is 1.34. The topological polar surface area (TPSA) is 105 Å². The van der Waals surface area contributed by atoms with E-state index in [0.717, 1.165) is 0 Å². The van der Waals surface area contributed by atoms with Crippen LogP contribution in [-0.2, 0) is 4.79 Å². The minimum absolute atomic E-state index is 0.116. The molecule has 0 bridgehead atoms. The monoisotopic (exact) mass is 415 g/mol. The predicted molar refractivity (Wildman–Crippen MR) is 89.2 cm³/mol. The lowest BCUT2D eigenvalue weighted by atomic mass is 10.1. The number of nitriles is 1. The van der Waals surface area contributed by atoms with Gasteiger partial charge in [0.25, 0.3) is 5.91 Å². The summed E-state index contributed by atoms with van der Waals surface area (Å²) in [5.74, 6) is -0.376. The summed E-state index contributed by atoms with van der Waals surface area (Å²) in [6.45, 7) is 3.54. The van der Waals surface area contributed by atoms with Gasteiger partial charge in [0.05, 0.1) is 15.6 Å². The van der Waals surface area contributed by atoms with E-state index < -0.39 is 10.8 Å². The third kappa shape index (κ3) is 4.42. The van der Waals surface area contributed by atoms with Crippen LogP contribution in [-0.4, -0.2) is 24.0 Å². The van der Waals surface area contributed by atoms with Crippen LogP contribution >= 0.6 is 22.6 Å². The zero-order valence-corrected chi connectivity index (χ0v) is 14.4. The van der Waals surface area contributed by atoms with Crippen LogP contribution in [0, 0.1) is 25.0 Å². The maximum Gasteiger partial charge on any atom is 0.312 e. The molecular weight excluding hydrogens is 401 g/mol. The SMILES string of the molecule is COc1c(I)cc(/C=C(/C#N)C(=O)NC(C)C)cc1[N+](=O)[O-]. The van der Waals surface area contributed by atoms with Crippen molar-refractivity contribution in [2.24, 2.45) is 0 Å². The number of hydrogen-bond acceptors (Lipinski definition) is 5. The summed E-state index contributed by atoms with van der Waals surface area (Å²) in [6.07, 6.45) is 1.31. The van der Waals surface area contributed by atoms with Gasteiger partial charge in [-0.05, 0) is 54.1 Å². The van der Waals surface area contributed by atoms with Crippen LogP contribution in [0.25, 0.3) is 6.08 Å². The Bertz CT molecular complexity index is 677. The number of nitrogens with one attached hydrogen (secondary N) is 1. The maximum absolute atomic E-state index is 11.9. The lowest BCUT2D eigenvalue weighted by molar-refractivity contribution is -0.385. The van der Waals surface area contributed by atoms with Gasteiger partial charge < -0.3 is 10.1 Å². The molecule has 22 heavy (non-hydrogen) atoms. The van der Waals surface area contributed by atoms with Crippen molar-refractivity contribution in [3.63, 3.8) is 0 Å².